The summed E-state index contributed by atoms with van der Waals surface area (Å²) in [5.74, 6) is -0.0743. The molecular weight excluding hydrogens is 278 g/mol. The third-order valence-electron chi connectivity index (χ3n) is 4.12. The average Bonchev–Trinajstić information content (AvgIpc) is 2.57. The van der Waals surface area contributed by atoms with Gasteiger partial charge in [0.1, 0.15) is 0 Å². The highest BCUT2D eigenvalue weighted by Gasteiger charge is 2.34. The lowest BCUT2D eigenvalue weighted by Gasteiger charge is -2.34. The molecule has 1 fully saturated rings. The summed E-state index contributed by atoms with van der Waals surface area (Å²) < 4.78 is 5.36. The number of allylic oxidation sites excluding steroid dienone is 3. The van der Waals surface area contributed by atoms with Crippen LogP contribution in [0.25, 0.3) is 0 Å². The van der Waals surface area contributed by atoms with Gasteiger partial charge in [-0.3, -0.25) is 9.59 Å². The summed E-state index contributed by atoms with van der Waals surface area (Å²) in [5.41, 5.74) is 2.21. The number of rotatable bonds is 4. The highest BCUT2D eigenvalue weighted by atomic mass is 16.5. The number of Topliss-reactive ketones (excluding diaryl/α,β-unsaturated/α-hetero) is 2. The molecule has 0 atom stereocenters. The van der Waals surface area contributed by atoms with E-state index in [0.717, 1.165) is 0 Å². The lowest BCUT2D eigenvalue weighted by Crippen LogP contribution is -2.41. The largest absolute Gasteiger partial charge is 0.378 e. The Labute approximate surface area is 130 Å². The SMILES string of the molecule is C=CCCC1=C(N2CCOCC2)C(=O)c2ccccc2C1=O. The molecule has 0 saturated carbocycles. The van der Waals surface area contributed by atoms with Crippen molar-refractivity contribution in [1.29, 1.82) is 0 Å². The fraction of sp³-hybridized carbons (Fsp3) is 0.333. The minimum atomic E-state index is -0.0452. The second kappa shape index (κ2) is 6.28. The molecule has 4 nitrogen and oxygen atoms in total. The molecule has 1 aromatic carbocycles. The van der Waals surface area contributed by atoms with Crippen molar-refractivity contribution < 1.29 is 14.3 Å². The van der Waals surface area contributed by atoms with E-state index in [1.165, 1.54) is 0 Å². The highest BCUT2D eigenvalue weighted by Crippen LogP contribution is 2.31. The lowest BCUT2D eigenvalue weighted by atomic mass is 9.84. The topological polar surface area (TPSA) is 46.6 Å². The monoisotopic (exact) mass is 297 g/mol. The Morgan fingerprint density at radius 1 is 1.09 bits per heavy atom. The van der Waals surface area contributed by atoms with Crippen LogP contribution in [0.3, 0.4) is 0 Å². The average molecular weight is 297 g/mol. The molecule has 114 valence electrons. The zero-order chi connectivity index (χ0) is 15.5. The van der Waals surface area contributed by atoms with Crippen LogP contribution in [0.1, 0.15) is 33.6 Å². The standard InChI is InChI=1S/C18H19NO3/c1-2-3-6-15-16(19-9-11-22-12-10-19)18(21)14-8-5-4-7-13(14)17(15)20/h2,4-5,7-8H,1,3,6,9-12H2. The van der Waals surface area contributed by atoms with Crippen LogP contribution in [-0.4, -0.2) is 42.8 Å². The zero-order valence-electron chi connectivity index (χ0n) is 12.5. The van der Waals surface area contributed by atoms with Gasteiger partial charge >= 0.3 is 0 Å². The van der Waals surface area contributed by atoms with Crippen LogP contribution in [0.2, 0.25) is 0 Å². The number of hydrogen-bond acceptors (Lipinski definition) is 4. The van der Waals surface area contributed by atoms with E-state index in [-0.39, 0.29) is 11.6 Å². The Bertz CT molecular complexity index is 654. The maximum atomic E-state index is 12.9. The molecular formula is C18H19NO3. The summed E-state index contributed by atoms with van der Waals surface area (Å²) in [5, 5.41) is 0. The van der Waals surface area contributed by atoms with Crippen LogP contribution in [0.15, 0.2) is 48.2 Å². The summed E-state index contributed by atoms with van der Waals surface area (Å²) >= 11 is 0. The number of fused-ring (bicyclic) bond motifs is 1. The molecule has 22 heavy (non-hydrogen) atoms. The summed E-state index contributed by atoms with van der Waals surface area (Å²) in [6, 6.07) is 7.07. The number of ketones is 2. The molecule has 1 heterocycles. The van der Waals surface area contributed by atoms with Crippen molar-refractivity contribution in [2.75, 3.05) is 26.3 Å². The molecule has 0 amide bonds. The van der Waals surface area contributed by atoms with E-state index in [1.54, 1.807) is 30.3 Å². The van der Waals surface area contributed by atoms with Gasteiger partial charge in [0.15, 0.2) is 5.78 Å². The summed E-state index contributed by atoms with van der Waals surface area (Å²) in [6.07, 6.45) is 3.02. The first-order chi connectivity index (χ1) is 10.7. The second-order valence-electron chi connectivity index (χ2n) is 5.46. The van der Waals surface area contributed by atoms with Gasteiger partial charge in [0.05, 0.1) is 18.9 Å². The van der Waals surface area contributed by atoms with Crippen molar-refractivity contribution in [1.82, 2.24) is 4.90 Å². The Morgan fingerprint density at radius 3 is 2.36 bits per heavy atom. The third-order valence-corrected chi connectivity index (χ3v) is 4.12. The van der Waals surface area contributed by atoms with Crippen LogP contribution in [0, 0.1) is 0 Å². The van der Waals surface area contributed by atoms with E-state index in [1.807, 2.05) is 4.90 Å². The molecule has 1 saturated heterocycles. The highest BCUT2D eigenvalue weighted by molar-refractivity contribution is 6.26. The summed E-state index contributed by atoms with van der Waals surface area (Å²) in [7, 11) is 0. The quantitative estimate of drug-likeness (QED) is 0.802. The number of carbonyl (C=O) groups is 2. The van der Waals surface area contributed by atoms with Crippen LogP contribution in [-0.2, 0) is 4.74 Å². The van der Waals surface area contributed by atoms with Gasteiger partial charge in [0.25, 0.3) is 0 Å². The Hall–Kier alpha value is -2.20. The number of morpholine rings is 1. The summed E-state index contributed by atoms with van der Waals surface area (Å²) in [4.78, 5) is 27.7. The van der Waals surface area contributed by atoms with Crippen LogP contribution < -0.4 is 0 Å². The van der Waals surface area contributed by atoms with Crippen LogP contribution >= 0.6 is 0 Å². The van der Waals surface area contributed by atoms with E-state index >= 15 is 0 Å². The van der Waals surface area contributed by atoms with Crippen molar-refractivity contribution in [3.8, 4) is 0 Å². The predicted octanol–water partition coefficient (Wildman–Crippen LogP) is 2.62. The number of hydrogen-bond donors (Lipinski definition) is 0. The molecule has 1 aromatic rings. The maximum Gasteiger partial charge on any atom is 0.210 e. The van der Waals surface area contributed by atoms with E-state index in [9.17, 15) is 9.59 Å². The van der Waals surface area contributed by atoms with E-state index in [2.05, 4.69) is 6.58 Å². The van der Waals surface area contributed by atoms with Gasteiger partial charge in [-0.15, -0.1) is 6.58 Å². The molecule has 0 aromatic heterocycles. The molecule has 0 spiro atoms. The Balaban J connectivity index is 2.08. The minimum Gasteiger partial charge on any atom is -0.378 e. The third kappa shape index (κ3) is 2.50. The van der Waals surface area contributed by atoms with Crippen molar-refractivity contribution >= 4 is 11.6 Å². The molecule has 0 N–H and O–H groups in total. The molecule has 0 bridgehead atoms. The molecule has 4 heteroatoms. The van der Waals surface area contributed by atoms with Crippen LogP contribution in [0.4, 0.5) is 0 Å². The number of benzene rings is 1. The second-order valence-corrected chi connectivity index (χ2v) is 5.46. The molecule has 0 radical (unpaired) electrons. The Kier molecular flexibility index (Phi) is 4.20. The van der Waals surface area contributed by atoms with Gasteiger partial charge < -0.3 is 9.64 Å². The fourth-order valence-electron chi connectivity index (χ4n) is 3.01. The van der Waals surface area contributed by atoms with Gasteiger partial charge in [-0.25, -0.2) is 0 Å². The van der Waals surface area contributed by atoms with Crippen molar-refractivity contribution in [3.05, 3.63) is 59.3 Å². The van der Waals surface area contributed by atoms with E-state index in [4.69, 9.17) is 4.74 Å². The zero-order valence-corrected chi connectivity index (χ0v) is 12.5. The van der Waals surface area contributed by atoms with Crippen molar-refractivity contribution in [2.24, 2.45) is 0 Å². The lowest BCUT2D eigenvalue weighted by molar-refractivity contribution is 0.0494. The predicted molar refractivity (Wildman–Crippen MR) is 84.0 cm³/mol. The summed E-state index contributed by atoms with van der Waals surface area (Å²) in [6.45, 7) is 6.18. The van der Waals surface area contributed by atoms with Gasteiger partial charge in [-0.05, 0) is 12.8 Å². The van der Waals surface area contributed by atoms with Gasteiger partial charge in [0, 0.05) is 29.8 Å². The minimum absolute atomic E-state index is 0.0291. The molecule has 0 unspecified atom stereocenters. The number of ether oxygens (including phenoxy) is 1. The van der Waals surface area contributed by atoms with Gasteiger partial charge in [-0.2, -0.15) is 0 Å². The van der Waals surface area contributed by atoms with E-state index < -0.39 is 0 Å². The van der Waals surface area contributed by atoms with Gasteiger partial charge in [-0.1, -0.05) is 30.3 Å². The molecule has 3 rings (SSSR count). The van der Waals surface area contributed by atoms with Crippen molar-refractivity contribution in [3.63, 3.8) is 0 Å². The normalized spacial score (nSPS) is 18.5. The van der Waals surface area contributed by atoms with Crippen LogP contribution in [0.5, 0.6) is 0 Å². The maximum absolute atomic E-state index is 12.9. The fourth-order valence-corrected chi connectivity index (χ4v) is 3.01. The van der Waals surface area contributed by atoms with Crippen molar-refractivity contribution in [2.45, 2.75) is 12.8 Å². The molecule has 1 aliphatic carbocycles. The first-order valence-corrected chi connectivity index (χ1v) is 7.59. The molecule has 2 aliphatic rings. The first kappa shape index (κ1) is 14.7. The number of carbonyl (C=O) groups excluding carboxylic acids is 2. The Morgan fingerprint density at radius 2 is 1.73 bits per heavy atom. The first-order valence-electron chi connectivity index (χ1n) is 7.59. The number of nitrogens with zero attached hydrogens (tertiary/aromatic N) is 1. The smallest absolute Gasteiger partial charge is 0.210 e. The molecule has 1 aliphatic heterocycles. The van der Waals surface area contributed by atoms with Gasteiger partial charge in [0.2, 0.25) is 5.78 Å². The van der Waals surface area contributed by atoms with E-state index in [0.29, 0.717) is 61.5 Å².